The zero-order valence-corrected chi connectivity index (χ0v) is 39.5. The van der Waals surface area contributed by atoms with Crippen LogP contribution in [0.15, 0.2) is 86.4 Å². The van der Waals surface area contributed by atoms with Crippen molar-refractivity contribution in [3.8, 4) is 46.2 Å². The average molecular weight is 1030 g/mol. The third-order valence-electron chi connectivity index (χ3n) is 14.9. The zero-order chi connectivity index (χ0) is 53.0. The lowest BCUT2D eigenvalue weighted by molar-refractivity contribution is -0.394. The van der Waals surface area contributed by atoms with Gasteiger partial charge in [0.25, 0.3) is 11.4 Å². The number of benzene rings is 2. The number of aliphatic carboxylic acids is 1. The number of aromatic amines is 1. The van der Waals surface area contributed by atoms with Crippen molar-refractivity contribution in [1.82, 2.24) is 15.6 Å². The fourth-order valence-electron chi connectivity index (χ4n) is 10.9. The molecule has 10 rings (SSSR count). The van der Waals surface area contributed by atoms with Crippen LogP contribution < -0.4 is 20.8 Å². The number of piperidine rings is 1. The summed E-state index contributed by atoms with van der Waals surface area (Å²) >= 11 is 0. The molecule has 2 bridgehead atoms. The molecule has 12 atom stereocenters. The first-order chi connectivity index (χ1) is 35.1. The predicted molar refractivity (Wildman–Crippen MR) is 251 cm³/mol. The molecular formula is C51H53N3O20. The van der Waals surface area contributed by atoms with Crippen LogP contribution in [0.3, 0.4) is 0 Å². The molecule has 6 aliphatic rings. The topological polar surface area (TPSA) is 384 Å². The van der Waals surface area contributed by atoms with E-state index in [0.717, 1.165) is 24.1 Å². The van der Waals surface area contributed by atoms with Crippen molar-refractivity contribution in [1.29, 1.82) is 0 Å². The number of aromatic hydroxyl groups is 3. The number of phenolic OH excluding ortho intramolecular Hbond substituents is 3. The number of dihydropyridines is 1. The fraction of sp³-hybridized carbons (Fsp3) is 0.431. The van der Waals surface area contributed by atoms with Gasteiger partial charge in [-0.25, -0.2) is 9.59 Å². The number of fused-ring (bicyclic) bond motifs is 5. The normalized spacial score (nSPS) is 33.3. The number of aliphatic hydroxyl groups is 8. The molecule has 74 heavy (non-hydrogen) atoms. The van der Waals surface area contributed by atoms with Gasteiger partial charge in [-0.1, -0.05) is 31.9 Å². The van der Waals surface area contributed by atoms with Crippen molar-refractivity contribution >= 4 is 22.9 Å². The molecule has 3 saturated heterocycles. The number of rotatable bonds is 8. The van der Waals surface area contributed by atoms with Crippen LogP contribution in [0.5, 0.6) is 23.0 Å². The van der Waals surface area contributed by atoms with Crippen molar-refractivity contribution in [2.75, 3.05) is 13.2 Å². The van der Waals surface area contributed by atoms with Gasteiger partial charge in [-0.3, -0.25) is 10.1 Å². The third-order valence-corrected chi connectivity index (χ3v) is 14.9. The number of carbonyl (C=O) groups is 2. The quantitative estimate of drug-likeness (QED) is 0.0342. The lowest BCUT2D eigenvalue weighted by Crippen LogP contribution is -2.76. The smallest absolute Gasteiger partial charge is 0.354 e. The summed E-state index contributed by atoms with van der Waals surface area (Å²) in [5.41, 5.74) is -5.32. The molecule has 6 aliphatic heterocycles. The molecule has 2 spiro atoms. The van der Waals surface area contributed by atoms with Gasteiger partial charge >= 0.3 is 11.9 Å². The summed E-state index contributed by atoms with van der Waals surface area (Å²) in [7, 11) is 0. The molecule has 0 aliphatic carbocycles. The molecule has 3 fully saturated rings. The summed E-state index contributed by atoms with van der Waals surface area (Å²) in [4.78, 5) is 45.2. The average Bonchev–Trinajstić information content (AvgIpc) is 3.86. The first-order valence-electron chi connectivity index (χ1n) is 23.8. The molecule has 23 heteroatoms. The Morgan fingerprint density at radius 1 is 0.973 bits per heavy atom. The van der Waals surface area contributed by atoms with E-state index in [9.17, 15) is 75.7 Å². The molecule has 8 heterocycles. The molecule has 0 radical (unpaired) electrons. The number of carboxylic acid groups (broad SMARTS) is 1. The van der Waals surface area contributed by atoms with Gasteiger partial charge in [0.2, 0.25) is 17.7 Å². The summed E-state index contributed by atoms with van der Waals surface area (Å²) in [5.74, 6) is -10.1. The summed E-state index contributed by atoms with van der Waals surface area (Å²) in [6.45, 7) is 4.21. The molecular weight excluding hydrogens is 975 g/mol. The molecule has 2 aromatic carbocycles. The van der Waals surface area contributed by atoms with E-state index in [-0.39, 0.29) is 63.9 Å². The maximum atomic E-state index is 14.9. The molecule has 23 nitrogen and oxygen atoms in total. The second-order valence-electron chi connectivity index (χ2n) is 19.3. The Hall–Kier alpha value is -6.79. The van der Waals surface area contributed by atoms with Gasteiger partial charge in [-0.2, -0.15) is 0 Å². The predicted octanol–water partition coefficient (Wildman–Crippen LogP) is -0.685. The second kappa shape index (κ2) is 18.2. The van der Waals surface area contributed by atoms with Crippen molar-refractivity contribution in [2.24, 2.45) is 5.92 Å². The number of esters is 1. The van der Waals surface area contributed by atoms with Crippen LogP contribution in [-0.4, -0.2) is 157 Å². The number of allylic oxidation sites excluding steroid dienone is 4. The van der Waals surface area contributed by atoms with Gasteiger partial charge in [-0.05, 0) is 73.1 Å². The van der Waals surface area contributed by atoms with Crippen LogP contribution in [0.25, 0.3) is 22.3 Å². The minimum atomic E-state index is -3.87. The number of hydrogen-bond acceptors (Lipinski definition) is 21. The van der Waals surface area contributed by atoms with Crippen LogP contribution in [-0.2, 0) is 36.6 Å². The maximum absolute atomic E-state index is 14.9. The van der Waals surface area contributed by atoms with Crippen molar-refractivity contribution < 1.29 is 94.2 Å². The second-order valence-corrected chi connectivity index (χ2v) is 19.3. The number of nitrogens with one attached hydrogen (secondary N) is 3. The summed E-state index contributed by atoms with van der Waals surface area (Å²) < 4.78 is 30.6. The fourth-order valence-corrected chi connectivity index (χ4v) is 10.9. The zero-order valence-electron chi connectivity index (χ0n) is 39.5. The van der Waals surface area contributed by atoms with Crippen LogP contribution in [0.4, 0.5) is 0 Å². The van der Waals surface area contributed by atoms with Gasteiger partial charge < -0.3 is 94.9 Å². The van der Waals surface area contributed by atoms with E-state index >= 15 is 0 Å². The number of ether oxygens (including phenoxy) is 4. The number of aromatic nitrogens is 1. The Kier molecular flexibility index (Phi) is 12.5. The number of carboxylic acids is 1. The van der Waals surface area contributed by atoms with E-state index < -0.39 is 119 Å². The summed E-state index contributed by atoms with van der Waals surface area (Å²) in [6.07, 6.45) is -11.1. The molecule has 0 saturated carbocycles. The van der Waals surface area contributed by atoms with Crippen molar-refractivity contribution in [2.45, 2.75) is 118 Å². The highest BCUT2D eigenvalue weighted by atomic mass is 16.8. The van der Waals surface area contributed by atoms with Gasteiger partial charge in [0.15, 0.2) is 23.0 Å². The van der Waals surface area contributed by atoms with E-state index in [0.29, 0.717) is 29.9 Å². The monoisotopic (exact) mass is 1030 g/mol. The van der Waals surface area contributed by atoms with Gasteiger partial charge in [0.05, 0.1) is 12.6 Å². The van der Waals surface area contributed by atoms with E-state index in [1.54, 1.807) is 18.3 Å². The Morgan fingerprint density at radius 2 is 1.74 bits per heavy atom. The standard InChI is InChI=1S/C51H53N3O20/c1-3-29-27(18-26-21(2)7-12-53-44(26)54-29)28-17-24(16-25-6-4-11-52-25)50(72-34-20-33-36(38(59)35(28)34)30(56)19-32(70-33)23-14-22(8-13-55)37(58)31(57)15-23)42(63)39(60)41(62)48(74-50)9-5-10-49(46(65)66)51(68,69)43(64)40(61)45(73-49)71-47(48)67/h4,6,11,14-15,17-21,28,39-45,52-55,57-64,68-69H,3,7-9,12-13,16H2,1-2H3,(H,65,66)/t21-,28+,39-,40+,41-,42+,43+,44?,45-,48-,49+,50-/m0/s1. The Balaban J connectivity index is 1.25. The Bertz CT molecular complexity index is 3190. The third kappa shape index (κ3) is 7.59. The van der Waals surface area contributed by atoms with Gasteiger partial charge in [-0.15, -0.1) is 0 Å². The first-order valence-corrected chi connectivity index (χ1v) is 23.8. The molecule has 15 N–H and O–H groups in total. The van der Waals surface area contributed by atoms with Crippen LogP contribution >= 0.6 is 0 Å². The summed E-state index contributed by atoms with van der Waals surface area (Å²) in [5, 5.41) is 141. The van der Waals surface area contributed by atoms with Crippen LogP contribution in [0, 0.1) is 17.8 Å². The lowest BCUT2D eigenvalue weighted by Gasteiger charge is -2.53. The SMILES string of the molecule is CCC1=C([C@H]2C=C(Cc3ccc[nH]3)[C@]3(Oc4cc5oc(-c6cc(O)c(O)c(CCO)c6)cc(=O)c5c(O)c42)O[C@@]2(CC#C[C@]4(C(=O)O)O[C@H](OC2=O)[C@H](O)[C@@H](O)C4(O)O)[C@@H](O)[C@H](O)[C@H]3O)C=C2C(NCC[C@@H]2C)N1. The van der Waals surface area contributed by atoms with Crippen LogP contribution in [0.1, 0.15) is 55.8 Å². The molecule has 2 aromatic heterocycles. The minimum Gasteiger partial charge on any atom is -0.507 e. The Labute approximate surface area is 418 Å². The van der Waals surface area contributed by atoms with E-state index in [2.05, 4.69) is 21.5 Å². The van der Waals surface area contributed by atoms with Gasteiger partial charge in [0.1, 0.15) is 52.6 Å². The number of H-pyrrole nitrogens is 1. The number of aliphatic hydroxyl groups excluding tert-OH is 6. The van der Waals surface area contributed by atoms with Gasteiger partial charge in [0, 0.05) is 70.9 Å². The number of hydrogen-bond donors (Lipinski definition) is 15. The van der Waals surface area contributed by atoms with E-state index in [4.69, 9.17) is 23.4 Å². The van der Waals surface area contributed by atoms with E-state index in [1.807, 2.05) is 25.8 Å². The summed E-state index contributed by atoms with van der Waals surface area (Å²) in [6, 6.07) is 7.99. The first kappa shape index (κ1) is 50.7. The largest absolute Gasteiger partial charge is 0.507 e. The highest BCUT2D eigenvalue weighted by Crippen LogP contribution is 2.55. The van der Waals surface area contributed by atoms with Crippen LogP contribution in [0.2, 0.25) is 0 Å². The molecule has 1 unspecified atom stereocenters. The van der Waals surface area contributed by atoms with E-state index in [1.165, 1.54) is 18.2 Å². The molecule has 392 valence electrons. The molecule has 4 aromatic rings. The highest BCUT2D eigenvalue weighted by molar-refractivity contribution is 5.90. The number of phenols is 3. The Morgan fingerprint density at radius 3 is 2.45 bits per heavy atom. The minimum absolute atomic E-state index is 0.0333. The molecule has 0 amide bonds. The maximum Gasteiger partial charge on any atom is 0.354 e. The van der Waals surface area contributed by atoms with Crippen molar-refractivity contribution in [3.63, 3.8) is 0 Å². The number of carbonyl (C=O) groups excluding carboxylic acids is 1. The van der Waals surface area contributed by atoms with Crippen molar-refractivity contribution in [3.05, 3.63) is 104 Å². The highest BCUT2D eigenvalue weighted by Gasteiger charge is 2.72. The lowest BCUT2D eigenvalue weighted by atomic mass is 9.76.